The summed E-state index contributed by atoms with van der Waals surface area (Å²) in [6.07, 6.45) is 0.926. The first kappa shape index (κ1) is 10.9. The molecular formula is C7H5BrClFO2S. The molecular weight excluding hydrogens is 282 g/mol. The lowest BCUT2D eigenvalue weighted by Crippen LogP contribution is -2.01. The Morgan fingerprint density at radius 1 is 1.46 bits per heavy atom. The Bertz CT molecular complexity index is 444. The second-order valence-electron chi connectivity index (χ2n) is 2.45. The predicted molar refractivity (Wildman–Crippen MR) is 52.2 cm³/mol. The van der Waals surface area contributed by atoms with Crippen molar-refractivity contribution in [2.24, 2.45) is 0 Å². The van der Waals surface area contributed by atoms with E-state index in [4.69, 9.17) is 11.6 Å². The van der Waals surface area contributed by atoms with Gasteiger partial charge in [0.2, 0.25) is 0 Å². The van der Waals surface area contributed by atoms with Crippen molar-refractivity contribution in [3.8, 4) is 0 Å². The van der Waals surface area contributed by atoms with Crippen molar-refractivity contribution in [1.82, 2.24) is 0 Å². The molecule has 0 amide bonds. The van der Waals surface area contributed by atoms with Gasteiger partial charge in [-0.3, -0.25) is 0 Å². The number of hydrogen-bond donors (Lipinski definition) is 0. The average molecular weight is 288 g/mol. The highest BCUT2D eigenvalue weighted by Crippen LogP contribution is 2.29. The van der Waals surface area contributed by atoms with Crippen LogP contribution in [0.4, 0.5) is 4.39 Å². The highest BCUT2D eigenvalue weighted by molar-refractivity contribution is 9.10. The maximum atomic E-state index is 13.2. The number of rotatable bonds is 1. The van der Waals surface area contributed by atoms with Crippen LogP contribution in [0.25, 0.3) is 0 Å². The molecule has 2 nitrogen and oxygen atoms in total. The predicted octanol–water partition coefficient (Wildman–Crippen LogP) is 2.65. The molecule has 0 aromatic heterocycles. The van der Waals surface area contributed by atoms with Crippen LogP contribution < -0.4 is 0 Å². The van der Waals surface area contributed by atoms with E-state index in [1.54, 1.807) is 0 Å². The molecule has 0 atom stereocenters. The first-order valence-corrected chi connectivity index (χ1v) is 6.24. The minimum Gasteiger partial charge on any atom is -0.224 e. The van der Waals surface area contributed by atoms with Crippen molar-refractivity contribution in [3.05, 3.63) is 27.4 Å². The summed E-state index contributed by atoms with van der Waals surface area (Å²) < 4.78 is 35.6. The van der Waals surface area contributed by atoms with Gasteiger partial charge in [0.15, 0.2) is 15.7 Å². The van der Waals surface area contributed by atoms with Crippen molar-refractivity contribution in [3.63, 3.8) is 0 Å². The van der Waals surface area contributed by atoms with E-state index in [1.165, 1.54) is 12.1 Å². The fourth-order valence-corrected chi connectivity index (χ4v) is 2.06. The average Bonchev–Trinajstić information content (AvgIpc) is 1.98. The minimum atomic E-state index is -3.55. The highest BCUT2D eigenvalue weighted by atomic mass is 79.9. The van der Waals surface area contributed by atoms with E-state index in [1.807, 2.05) is 0 Å². The summed E-state index contributed by atoms with van der Waals surface area (Å²) in [6, 6.07) is 2.56. The Labute approximate surface area is 88.8 Å². The van der Waals surface area contributed by atoms with Crippen LogP contribution >= 0.6 is 27.5 Å². The van der Waals surface area contributed by atoms with Gasteiger partial charge in [-0.2, -0.15) is 0 Å². The third-order valence-corrected chi connectivity index (χ3v) is 3.77. The lowest BCUT2D eigenvalue weighted by atomic mass is 10.3. The van der Waals surface area contributed by atoms with E-state index < -0.39 is 15.7 Å². The first-order chi connectivity index (χ1) is 5.84. The molecule has 1 rings (SSSR count). The maximum Gasteiger partial charge on any atom is 0.178 e. The molecule has 1 aromatic carbocycles. The van der Waals surface area contributed by atoms with E-state index in [9.17, 15) is 12.8 Å². The van der Waals surface area contributed by atoms with E-state index in [-0.39, 0.29) is 9.92 Å². The largest absolute Gasteiger partial charge is 0.224 e. The van der Waals surface area contributed by atoms with Crippen LogP contribution in [-0.2, 0) is 9.84 Å². The van der Waals surface area contributed by atoms with Crippen LogP contribution in [0, 0.1) is 5.82 Å². The highest BCUT2D eigenvalue weighted by Gasteiger charge is 2.17. The SMILES string of the molecule is CS(=O)(=O)c1ccc(Br)c(Cl)c1F. The summed E-state index contributed by atoms with van der Waals surface area (Å²) in [5.41, 5.74) is 0. The van der Waals surface area contributed by atoms with Crippen LogP contribution in [0.5, 0.6) is 0 Å². The second-order valence-corrected chi connectivity index (χ2v) is 5.66. The Balaban J connectivity index is 3.53. The van der Waals surface area contributed by atoms with Gasteiger partial charge in [-0.25, -0.2) is 12.8 Å². The molecule has 0 aliphatic carbocycles. The minimum absolute atomic E-state index is 0.220. The van der Waals surface area contributed by atoms with Gasteiger partial charge >= 0.3 is 0 Å². The lowest BCUT2D eigenvalue weighted by Gasteiger charge is -2.03. The van der Waals surface area contributed by atoms with Crippen LogP contribution in [0.2, 0.25) is 5.02 Å². The molecule has 0 bridgehead atoms. The monoisotopic (exact) mass is 286 g/mol. The molecule has 6 heteroatoms. The van der Waals surface area contributed by atoms with E-state index >= 15 is 0 Å². The van der Waals surface area contributed by atoms with Gasteiger partial charge in [-0.05, 0) is 28.1 Å². The Kier molecular flexibility index (Phi) is 2.99. The molecule has 0 aliphatic heterocycles. The Hall–Kier alpha value is -0.130. The number of benzene rings is 1. The quantitative estimate of drug-likeness (QED) is 0.744. The van der Waals surface area contributed by atoms with Crippen molar-refractivity contribution < 1.29 is 12.8 Å². The van der Waals surface area contributed by atoms with Crippen molar-refractivity contribution >= 4 is 37.4 Å². The zero-order chi connectivity index (χ0) is 10.2. The standard InChI is InChI=1S/C7H5BrClFO2S/c1-13(11,12)5-3-2-4(8)6(9)7(5)10/h2-3H,1H3. The Morgan fingerprint density at radius 3 is 2.46 bits per heavy atom. The van der Waals surface area contributed by atoms with Gasteiger partial charge in [0.25, 0.3) is 0 Å². The molecule has 0 heterocycles. The van der Waals surface area contributed by atoms with Crippen molar-refractivity contribution in [1.29, 1.82) is 0 Å². The third kappa shape index (κ3) is 2.21. The van der Waals surface area contributed by atoms with Gasteiger partial charge in [0.1, 0.15) is 4.90 Å². The third-order valence-electron chi connectivity index (χ3n) is 1.40. The maximum absolute atomic E-state index is 13.2. The number of hydrogen-bond acceptors (Lipinski definition) is 2. The molecule has 72 valence electrons. The summed E-state index contributed by atoms with van der Waals surface area (Å²) in [5, 5.41) is -0.220. The van der Waals surface area contributed by atoms with Gasteiger partial charge < -0.3 is 0 Å². The van der Waals surface area contributed by atoms with Crippen LogP contribution in [-0.4, -0.2) is 14.7 Å². The second kappa shape index (κ2) is 3.55. The van der Waals surface area contributed by atoms with Crippen molar-refractivity contribution in [2.75, 3.05) is 6.26 Å². The molecule has 0 N–H and O–H groups in total. The first-order valence-electron chi connectivity index (χ1n) is 3.17. The zero-order valence-corrected chi connectivity index (χ0v) is 9.67. The van der Waals surface area contributed by atoms with Gasteiger partial charge in [0.05, 0.1) is 5.02 Å². The lowest BCUT2D eigenvalue weighted by molar-refractivity contribution is 0.570. The molecule has 0 saturated heterocycles. The summed E-state index contributed by atoms with van der Waals surface area (Å²) in [7, 11) is -3.55. The Morgan fingerprint density at radius 2 is 2.00 bits per heavy atom. The fraction of sp³-hybridized carbons (Fsp3) is 0.143. The van der Waals surface area contributed by atoms with Crippen LogP contribution in [0.15, 0.2) is 21.5 Å². The number of halogens is 3. The molecule has 1 aromatic rings. The number of sulfone groups is 1. The van der Waals surface area contributed by atoms with Crippen LogP contribution in [0.3, 0.4) is 0 Å². The summed E-state index contributed by atoms with van der Waals surface area (Å²) in [6.45, 7) is 0. The summed E-state index contributed by atoms with van der Waals surface area (Å²) in [5.74, 6) is -0.918. The topological polar surface area (TPSA) is 34.1 Å². The smallest absolute Gasteiger partial charge is 0.178 e. The molecule has 0 saturated carbocycles. The summed E-state index contributed by atoms with van der Waals surface area (Å²) in [4.78, 5) is -0.388. The molecule has 0 fully saturated rings. The fourth-order valence-electron chi connectivity index (χ4n) is 0.795. The van der Waals surface area contributed by atoms with E-state index in [0.29, 0.717) is 4.47 Å². The summed E-state index contributed by atoms with van der Waals surface area (Å²) >= 11 is 8.48. The van der Waals surface area contributed by atoms with Crippen molar-refractivity contribution in [2.45, 2.75) is 4.90 Å². The van der Waals surface area contributed by atoms with E-state index in [2.05, 4.69) is 15.9 Å². The molecule has 0 unspecified atom stereocenters. The van der Waals surface area contributed by atoms with Gasteiger partial charge in [-0.1, -0.05) is 11.6 Å². The molecule has 13 heavy (non-hydrogen) atoms. The molecule has 0 aliphatic rings. The molecule has 0 radical (unpaired) electrons. The molecule has 0 spiro atoms. The van der Waals surface area contributed by atoms with Crippen LogP contribution in [0.1, 0.15) is 0 Å². The zero-order valence-electron chi connectivity index (χ0n) is 6.51. The van der Waals surface area contributed by atoms with E-state index in [0.717, 1.165) is 6.26 Å². The normalized spacial score (nSPS) is 11.7. The van der Waals surface area contributed by atoms with Gasteiger partial charge in [0, 0.05) is 10.7 Å². The van der Waals surface area contributed by atoms with Gasteiger partial charge in [-0.15, -0.1) is 0 Å².